The number of hydrogen-bond acceptors (Lipinski definition) is 1. The molecule has 1 fully saturated rings. The lowest BCUT2D eigenvalue weighted by atomic mass is 9.88. The van der Waals surface area contributed by atoms with Crippen molar-refractivity contribution in [3.63, 3.8) is 0 Å². The Morgan fingerprint density at radius 1 is 1.21 bits per heavy atom. The Morgan fingerprint density at radius 3 is 2.32 bits per heavy atom. The summed E-state index contributed by atoms with van der Waals surface area (Å²) >= 11 is 6.09. The summed E-state index contributed by atoms with van der Waals surface area (Å²) < 4.78 is 0. The molecule has 1 aliphatic rings. The molecule has 1 aliphatic carbocycles. The van der Waals surface area contributed by atoms with E-state index in [1.807, 2.05) is 26.0 Å². The molecule has 1 aromatic carbocycles. The first kappa shape index (κ1) is 14.4. The van der Waals surface area contributed by atoms with E-state index in [1.54, 1.807) is 0 Å². The molecule has 0 saturated heterocycles. The van der Waals surface area contributed by atoms with Crippen molar-refractivity contribution in [3.05, 3.63) is 34.9 Å². The fraction of sp³-hybridized carbons (Fsp3) is 0.562. The number of amides is 1. The third-order valence-electron chi connectivity index (χ3n) is 4.06. The van der Waals surface area contributed by atoms with E-state index in [0.717, 1.165) is 29.5 Å². The fourth-order valence-electron chi connectivity index (χ4n) is 2.96. The predicted octanol–water partition coefficient (Wildman–Crippen LogP) is 3.83. The van der Waals surface area contributed by atoms with Crippen LogP contribution in [-0.4, -0.2) is 18.3 Å². The predicted molar refractivity (Wildman–Crippen MR) is 79.9 cm³/mol. The maximum absolute atomic E-state index is 12.2. The van der Waals surface area contributed by atoms with E-state index < -0.39 is 0 Å². The average Bonchev–Trinajstić information content (AvgIpc) is 2.84. The lowest BCUT2D eigenvalue weighted by molar-refractivity contribution is 0.0935. The van der Waals surface area contributed by atoms with Crippen LogP contribution in [0.3, 0.4) is 0 Å². The average molecular weight is 280 g/mol. The van der Waals surface area contributed by atoms with Gasteiger partial charge in [0.1, 0.15) is 0 Å². The Hall–Kier alpha value is -1.02. The molecule has 0 aliphatic heterocycles. The van der Waals surface area contributed by atoms with Gasteiger partial charge in [0.05, 0.1) is 0 Å². The second-order valence-electron chi connectivity index (χ2n) is 5.90. The summed E-state index contributed by atoms with van der Waals surface area (Å²) in [7, 11) is 0. The fourth-order valence-corrected chi connectivity index (χ4v) is 3.32. The highest BCUT2D eigenvalue weighted by Crippen LogP contribution is 2.38. The topological polar surface area (TPSA) is 29.1 Å². The maximum Gasteiger partial charge on any atom is 0.251 e. The van der Waals surface area contributed by atoms with Crippen LogP contribution in [0.15, 0.2) is 18.2 Å². The van der Waals surface area contributed by atoms with Gasteiger partial charge >= 0.3 is 0 Å². The zero-order chi connectivity index (χ0) is 13.9. The van der Waals surface area contributed by atoms with Crippen molar-refractivity contribution >= 4 is 17.5 Å². The molecule has 0 heterocycles. The summed E-state index contributed by atoms with van der Waals surface area (Å²) in [5.74, 6) is 0.656. The molecule has 19 heavy (non-hydrogen) atoms. The van der Waals surface area contributed by atoms with Gasteiger partial charge in [0.2, 0.25) is 0 Å². The van der Waals surface area contributed by atoms with E-state index in [4.69, 9.17) is 11.6 Å². The zero-order valence-corrected chi connectivity index (χ0v) is 12.5. The van der Waals surface area contributed by atoms with Crippen LogP contribution < -0.4 is 5.32 Å². The normalized spacial score (nSPS) is 17.4. The largest absolute Gasteiger partial charge is 0.351 e. The van der Waals surface area contributed by atoms with Crippen LogP contribution in [0.5, 0.6) is 0 Å². The van der Waals surface area contributed by atoms with Crippen LogP contribution in [0.4, 0.5) is 0 Å². The molecular formula is C16H22ClNO. The molecule has 1 N–H and O–H groups in total. The van der Waals surface area contributed by atoms with Gasteiger partial charge in [-0.25, -0.2) is 0 Å². The van der Waals surface area contributed by atoms with Gasteiger partial charge in [-0.05, 0) is 38.8 Å². The summed E-state index contributed by atoms with van der Waals surface area (Å²) in [5.41, 5.74) is 3.12. The molecule has 2 nitrogen and oxygen atoms in total. The number of alkyl halides is 1. The second-order valence-corrected chi connectivity index (χ2v) is 6.17. The molecule has 0 atom stereocenters. The first-order valence-corrected chi connectivity index (χ1v) is 7.51. The Morgan fingerprint density at radius 2 is 1.79 bits per heavy atom. The molecule has 0 spiro atoms. The van der Waals surface area contributed by atoms with Crippen molar-refractivity contribution < 1.29 is 4.79 Å². The van der Waals surface area contributed by atoms with Crippen LogP contribution in [0.1, 0.15) is 47.2 Å². The molecule has 0 radical (unpaired) electrons. The minimum atomic E-state index is 0.0168. The Bertz CT molecular complexity index is 444. The van der Waals surface area contributed by atoms with Gasteiger partial charge < -0.3 is 5.32 Å². The van der Waals surface area contributed by atoms with Gasteiger partial charge in [0, 0.05) is 23.4 Å². The van der Waals surface area contributed by atoms with E-state index in [2.05, 4.69) is 11.4 Å². The Balaban J connectivity index is 2.01. The zero-order valence-electron chi connectivity index (χ0n) is 11.8. The smallest absolute Gasteiger partial charge is 0.251 e. The Kier molecular flexibility index (Phi) is 4.51. The third-order valence-corrected chi connectivity index (χ3v) is 4.62. The molecule has 2 rings (SSSR count). The van der Waals surface area contributed by atoms with Gasteiger partial charge in [-0.3, -0.25) is 4.79 Å². The minimum absolute atomic E-state index is 0.0168. The molecule has 1 aromatic rings. The van der Waals surface area contributed by atoms with Crippen LogP contribution in [0.25, 0.3) is 0 Å². The van der Waals surface area contributed by atoms with Crippen LogP contribution in [0, 0.1) is 19.3 Å². The number of carbonyl (C=O) groups excluding carboxylic acids is 1. The van der Waals surface area contributed by atoms with Crippen LogP contribution in [-0.2, 0) is 0 Å². The number of carbonyl (C=O) groups is 1. The van der Waals surface area contributed by atoms with Gasteiger partial charge in [0.25, 0.3) is 5.91 Å². The monoisotopic (exact) mass is 279 g/mol. The van der Waals surface area contributed by atoms with Crippen LogP contribution in [0.2, 0.25) is 0 Å². The number of benzene rings is 1. The summed E-state index contributed by atoms with van der Waals surface area (Å²) in [6.07, 6.45) is 4.71. The number of hydrogen-bond donors (Lipinski definition) is 1. The second kappa shape index (κ2) is 5.96. The van der Waals surface area contributed by atoms with Crippen molar-refractivity contribution in [3.8, 4) is 0 Å². The quantitative estimate of drug-likeness (QED) is 0.834. The highest BCUT2D eigenvalue weighted by molar-refractivity contribution is 6.18. The lowest BCUT2D eigenvalue weighted by Crippen LogP contribution is -2.37. The Labute approximate surface area is 120 Å². The van der Waals surface area contributed by atoms with E-state index >= 15 is 0 Å². The van der Waals surface area contributed by atoms with E-state index in [9.17, 15) is 4.79 Å². The number of halogens is 1. The third kappa shape index (κ3) is 3.50. The minimum Gasteiger partial charge on any atom is -0.351 e. The number of aryl methyl sites for hydroxylation is 2. The van der Waals surface area contributed by atoms with Gasteiger partial charge in [0.15, 0.2) is 0 Å². The van der Waals surface area contributed by atoms with Gasteiger partial charge in [-0.1, -0.05) is 30.0 Å². The van der Waals surface area contributed by atoms with E-state index in [0.29, 0.717) is 12.4 Å². The lowest BCUT2D eigenvalue weighted by Gasteiger charge is -2.26. The van der Waals surface area contributed by atoms with Gasteiger partial charge in [-0.2, -0.15) is 0 Å². The first-order valence-electron chi connectivity index (χ1n) is 6.97. The molecule has 104 valence electrons. The first-order chi connectivity index (χ1) is 9.04. The van der Waals surface area contributed by atoms with E-state index in [-0.39, 0.29) is 11.3 Å². The molecule has 1 amide bonds. The standard InChI is InChI=1S/C16H22ClNO/c1-12-7-13(2)9-14(8-12)15(19)18-11-16(10-17)5-3-4-6-16/h7-9H,3-6,10-11H2,1-2H3,(H,18,19). The van der Waals surface area contributed by atoms with Crippen molar-refractivity contribution in [2.24, 2.45) is 5.41 Å². The van der Waals surface area contributed by atoms with E-state index in [1.165, 1.54) is 12.8 Å². The molecule has 0 aromatic heterocycles. The van der Waals surface area contributed by atoms with Crippen molar-refractivity contribution in [2.45, 2.75) is 39.5 Å². The summed E-state index contributed by atoms with van der Waals surface area (Å²) in [5, 5.41) is 3.06. The number of nitrogens with one attached hydrogen (secondary N) is 1. The molecule has 3 heteroatoms. The highest BCUT2D eigenvalue weighted by atomic mass is 35.5. The van der Waals surface area contributed by atoms with Crippen molar-refractivity contribution in [1.29, 1.82) is 0 Å². The molecular weight excluding hydrogens is 258 g/mol. The summed E-state index contributed by atoms with van der Waals surface area (Å²) in [6.45, 7) is 4.73. The molecule has 0 unspecified atom stereocenters. The van der Waals surface area contributed by atoms with Crippen LogP contribution >= 0.6 is 11.6 Å². The molecule has 0 bridgehead atoms. The summed E-state index contributed by atoms with van der Waals surface area (Å²) in [6, 6.07) is 5.95. The SMILES string of the molecule is Cc1cc(C)cc(C(=O)NCC2(CCl)CCCC2)c1. The van der Waals surface area contributed by atoms with Gasteiger partial charge in [-0.15, -0.1) is 11.6 Å². The molecule has 1 saturated carbocycles. The highest BCUT2D eigenvalue weighted by Gasteiger charge is 2.33. The van der Waals surface area contributed by atoms with Crippen molar-refractivity contribution in [1.82, 2.24) is 5.32 Å². The number of rotatable bonds is 4. The maximum atomic E-state index is 12.2. The summed E-state index contributed by atoms with van der Waals surface area (Å²) in [4.78, 5) is 12.2. The van der Waals surface area contributed by atoms with Crippen molar-refractivity contribution in [2.75, 3.05) is 12.4 Å².